The Balaban J connectivity index is 3.11. The molecule has 0 amide bonds. The molecule has 0 bridgehead atoms. The Morgan fingerprint density at radius 2 is 1.93 bits per heavy atom. The first kappa shape index (κ1) is 11.7. The third-order valence-electron chi connectivity index (χ3n) is 2.39. The van der Waals surface area contributed by atoms with Crippen LogP contribution in [0.15, 0.2) is 24.3 Å². The topological polar surface area (TPSA) is 72.5 Å². The highest BCUT2D eigenvalue weighted by Crippen LogP contribution is 2.24. The van der Waals surface area contributed by atoms with E-state index in [1.807, 2.05) is 19.1 Å². The molecular formula is C11H15NO3. The minimum atomic E-state index is -1.04. The van der Waals surface area contributed by atoms with E-state index in [1.54, 1.807) is 19.2 Å². The van der Waals surface area contributed by atoms with Crippen molar-refractivity contribution in [2.45, 2.75) is 19.1 Å². The number of hydrogen-bond acceptors (Lipinski definition) is 3. The molecule has 0 saturated carbocycles. The Morgan fingerprint density at radius 3 is 2.40 bits per heavy atom. The van der Waals surface area contributed by atoms with E-state index in [1.165, 1.54) is 0 Å². The molecule has 2 atom stereocenters. The van der Waals surface area contributed by atoms with Gasteiger partial charge in [-0.3, -0.25) is 4.79 Å². The molecule has 0 heterocycles. The molecule has 1 rings (SSSR count). The first-order chi connectivity index (χ1) is 7.07. The molecule has 0 spiro atoms. The number of hydrogen-bond donors (Lipinski definition) is 2. The fourth-order valence-electron chi connectivity index (χ4n) is 1.42. The first-order valence-corrected chi connectivity index (χ1v) is 4.68. The molecular weight excluding hydrogens is 194 g/mol. The first-order valence-electron chi connectivity index (χ1n) is 4.68. The van der Waals surface area contributed by atoms with Crippen LogP contribution in [0.3, 0.4) is 0 Å². The van der Waals surface area contributed by atoms with E-state index in [0.717, 1.165) is 5.56 Å². The van der Waals surface area contributed by atoms with Gasteiger partial charge in [-0.1, -0.05) is 24.3 Å². The van der Waals surface area contributed by atoms with Crippen molar-refractivity contribution in [3.63, 3.8) is 0 Å². The van der Waals surface area contributed by atoms with Crippen LogP contribution in [0.4, 0.5) is 0 Å². The van der Waals surface area contributed by atoms with Crippen molar-refractivity contribution in [2.24, 2.45) is 5.73 Å². The highest BCUT2D eigenvalue weighted by molar-refractivity contribution is 5.75. The molecule has 4 nitrogen and oxygen atoms in total. The van der Waals surface area contributed by atoms with Gasteiger partial charge in [-0.2, -0.15) is 0 Å². The van der Waals surface area contributed by atoms with E-state index in [-0.39, 0.29) is 6.10 Å². The molecule has 0 fully saturated rings. The third-order valence-corrected chi connectivity index (χ3v) is 2.39. The predicted octanol–water partition coefficient (Wildman–Crippen LogP) is 1.48. The zero-order valence-electron chi connectivity index (χ0n) is 8.81. The lowest BCUT2D eigenvalue weighted by atomic mass is 9.98. The van der Waals surface area contributed by atoms with Crippen molar-refractivity contribution in [3.8, 4) is 0 Å². The average molecular weight is 209 g/mol. The second-order valence-corrected chi connectivity index (χ2v) is 3.32. The number of carbonyl (C=O) groups is 1. The Morgan fingerprint density at radius 1 is 1.40 bits per heavy atom. The monoisotopic (exact) mass is 209 g/mol. The van der Waals surface area contributed by atoms with Crippen LogP contribution in [0.25, 0.3) is 0 Å². The predicted molar refractivity (Wildman–Crippen MR) is 56.4 cm³/mol. The second kappa shape index (κ2) is 4.91. The van der Waals surface area contributed by atoms with Crippen molar-refractivity contribution in [1.82, 2.24) is 0 Å². The molecule has 0 aromatic heterocycles. The molecule has 0 aliphatic rings. The summed E-state index contributed by atoms with van der Waals surface area (Å²) in [5.74, 6) is -1.04. The summed E-state index contributed by atoms with van der Waals surface area (Å²) in [6.45, 7) is 1.85. The summed E-state index contributed by atoms with van der Waals surface area (Å²) in [5, 5.41) is 8.85. The maximum Gasteiger partial charge on any atom is 0.325 e. The molecule has 15 heavy (non-hydrogen) atoms. The van der Waals surface area contributed by atoms with Gasteiger partial charge in [-0.25, -0.2) is 0 Å². The third kappa shape index (κ3) is 2.55. The van der Waals surface area contributed by atoms with Crippen LogP contribution in [0.5, 0.6) is 0 Å². The summed E-state index contributed by atoms with van der Waals surface area (Å²) in [4.78, 5) is 10.8. The van der Waals surface area contributed by atoms with Crippen LogP contribution in [-0.4, -0.2) is 18.2 Å². The average Bonchev–Trinajstić information content (AvgIpc) is 2.27. The summed E-state index contributed by atoms with van der Waals surface area (Å²) in [7, 11) is 1.58. The number of benzene rings is 1. The Bertz CT molecular complexity index is 351. The molecule has 0 radical (unpaired) electrons. The molecule has 82 valence electrons. The number of aliphatic carboxylic acids is 1. The van der Waals surface area contributed by atoms with Crippen LogP contribution in [0, 0.1) is 0 Å². The minimum absolute atomic E-state index is 0.161. The van der Waals surface area contributed by atoms with E-state index < -0.39 is 12.0 Å². The van der Waals surface area contributed by atoms with Crippen molar-refractivity contribution < 1.29 is 14.6 Å². The van der Waals surface area contributed by atoms with Gasteiger partial charge in [-0.15, -0.1) is 0 Å². The van der Waals surface area contributed by atoms with E-state index >= 15 is 0 Å². The van der Waals surface area contributed by atoms with Gasteiger partial charge in [-0.05, 0) is 18.1 Å². The highest BCUT2D eigenvalue weighted by Gasteiger charge is 2.19. The lowest BCUT2D eigenvalue weighted by Gasteiger charge is -2.17. The lowest BCUT2D eigenvalue weighted by Crippen LogP contribution is -2.22. The number of nitrogens with two attached hydrogens (primary N) is 1. The van der Waals surface area contributed by atoms with Crippen molar-refractivity contribution in [2.75, 3.05) is 7.11 Å². The highest BCUT2D eigenvalue weighted by atomic mass is 16.5. The summed E-state index contributed by atoms with van der Waals surface area (Å²) >= 11 is 0. The van der Waals surface area contributed by atoms with Crippen LogP contribution in [0.1, 0.15) is 30.2 Å². The zero-order chi connectivity index (χ0) is 11.4. The van der Waals surface area contributed by atoms with E-state index in [9.17, 15) is 4.79 Å². The van der Waals surface area contributed by atoms with Crippen LogP contribution < -0.4 is 5.73 Å². The van der Waals surface area contributed by atoms with Gasteiger partial charge >= 0.3 is 5.97 Å². The van der Waals surface area contributed by atoms with Gasteiger partial charge in [0.2, 0.25) is 0 Å². The Kier molecular flexibility index (Phi) is 3.82. The standard InChI is InChI=1S/C11H15NO3/c1-7(15-2)8-5-3-4-6-9(8)10(12)11(13)14/h3-7,10H,12H2,1-2H3,(H,13,14). The van der Waals surface area contributed by atoms with E-state index in [0.29, 0.717) is 5.56 Å². The summed E-state index contributed by atoms with van der Waals surface area (Å²) in [6.07, 6.45) is -0.161. The fourth-order valence-corrected chi connectivity index (χ4v) is 1.42. The number of rotatable bonds is 4. The van der Waals surface area contributed by atoms with Crippen LogP contribution in [-0.2, 0) is 9.53 Å². The quantitative estimate of drug-likeness (QED) is 0.787. The molecule has 1 aromatic rings. The molecule has 0 aliphatic carbocycles. The van der Waals surface area contributed by atoms with Gasteiger partial charge in [0.05, 0.1) is 6.10 Å². The number of ether oxygens (including phenoxy) is 1. The number of methoxy groups -OCH3 is 1. The van der Waals surface area contributed by atoms with E-state index in [4.69, 9.17) is 15.6 Å². The smallest absolute Gasteiger partial charge is 0.325 e. The van der Waals surface area contributed by atoms with Crippen LogP contribution in [0.2, 0.25) is 0 Å². The zero-order valence-corrected chi connectivity index (χ0v) is 8.81. The molecule has 1 aromatic carbocycles. The van der Waals surface area contributed by atoms with E-state index in [2.05, 4.69) is 0 Å². The van der Waals surface area contributed by atoms with Crippen molar-refractivity contribution in [1.29, 1.82) is 0 Å². The summed E-state index contributed by atoms with van der Waals surface area (Å²) < 4.78 is 5.16. The largest absolute Gasteiger partial charge is 0.480 e. The SMILES string of the molecule is COC(C)c1ccccc1C(N)C(=O)O. The second-order valence-electron chi connectivity index (χ2n) is 3.32. The normalized spacial score (nSPS) is 14.6. The van der Waals surface area contributed by atoms with Crippen LogP contribution >= 0.6 is 0 Å². The summed E-state index contributed by atoms with van der Waals surface area (Å²) in [5.41, 5.74) is 6.99. The Hall–Kier alpha value is -1.39. The number of carboxylic acid groups (broad SMARTS) is 1. The fraction of sp³-hybridized carbons (Fsp3) is 0.364. The van der Waals surface area contributed by atoms with Gasteiger partial charge in [0.15, 0.2) is 0 Å². The molecule has 2 unspecified atom stereocenters. The molecule has 4 heteroatoms. The van der Waals surface area contributed by atoms with Crippen molar-refractivity contribution >= 4 is 5.97 Å². The lowest BCUT2D eigenvalue weighted by molar-refractivity contribution is -0.138. The molecule has 0 aliphatic heterocycles. The van der Waals surface area contributed by atoms with Crippen molar-refractivity contribution in [3.05, 3.63) is 35.4 Å². The minimum Gasteiger partial charge on any atom is -0.480 e. The van der Waals surface area contributed by atoms with Gasteiger partial charge in [0.25, 0.3) is 0 Å². The number of carboxylic acids is 1. The van der Waals surface area contributed by atoms with Gasteiger partial charge in [0.1, 0.15) is 6.04 Å². The molecule has 0 saturated heterocycles. The van der Waals surface area contributed by atoms with Gasteiger partial charge < -0.3 is 15.6 Å². The maximum absolute atomic E-state index is 10.8. The maximum atomic E-state index is 10.8. The Labute approximate surface area is 88.7 Å². The van der Waals surface area contributed by atoms with Gasteiger partial charge in [0, 0.05) is 7.11 Å². The molecule has 3 N–H and O–H groups in total. The summed E-state index contributed by atoms with van der Waals surface area (Å²) in [6, 6.07) is 6.14.